The maximum absolute atomic E-state index is 12.8. The van der Waals surface area contributed by atoms with Crippen LogP contribution in [0.4, 0.5) is 0 Å². The van der Waals surface area contributed by atoms with Crippen molar-refractivity contribution in [1.82, 2.24) is 0 Å². The molecule has 2 unspecified atom stereocenters. The Hall–Kier alpha value is -4.15. The quantitative estimate of drug-likeness (QED) is 0.240. The molecule has 0 saturated carbocycles. The van der Waals surface area contributed by atoms with E-state index in [4.69, 9.17) is 23.7 Å². The van der Waals surface area contributed by atoms with Gasteiger partial charge in [0.05, 0.1) is 53.7 Å². The molecule has 1 saturated heterocycles. The van der Waals surface area contributed by atoms with Gasteiger partial charge in [0.25, 0.3) is 0 Å². The van der Waals surface area contributed by atoms with Crippen LogP contribution in [0.3, 0.4) is 0 Å². The van der Waals surface area contributed by atoms with Gasteiger partial charge in [-0.3, -0.25) is 4.79 Å². The maximum Gasteiger partial charge on any atom is 0.309 e. The fourth-order valence-corrected chi connectivity index (χ4v) is 5.34. The Bertz CT molecular complexity index is 1370. The van der Waals surface area contributed by atoms with Crippen LogP contribution >= 0.6 is 0 Å². The summed E-state index contributed by atoms with van der Waals surface area (Å²) < 4.78 is 26.7. The summed E-state index contributed by atoms with van der Waals surface area (Å²) in [5.74, 6) is -0.658. The van der Waals surface area contributed by atoms with Crippen molar-refractivity contribution in [3.63, 3.8) is 0 Å². The van der Waals surface area contributed by atoms with Crippen molar-refractivity contribution in [2.75, 3.05) is 41.7 Å². The molecule has 1 heterocycles. The van der Waals surface area contributed by atoms with Crippen LogP contribution < -0.4 is 18.9 Å². The number of carbonyl (C=O) groups excluding carboxylic acids is 1. The van der Waals surface area contributed by atoms with E-state index in [2.05, 4.69) is 0 Å². The Morgan fingerprint density at radius 1 is 0.829 bits per heavy atom. The maximum atomic E-state index is 12.8. The number of carbonyl (C=O) groups is 1. The fraction of sp³-hybridized carbons (Fsp3) is 0.387. The highest BCUT2D eigenvalue weighted by Crippen LogP contribution is 2.43. The minimum absolute atomic E-state index is 0.0957. The molecule has 0 spiro atoms. The van der Waals surface area contributed by atoms with E-state index in [1.807, 2.05) is 18.2 Å². The van der Waals surface area contributed by atoms with Gasteiger partial charge < -0.3 is 44.1 Å². The largest absolute Gasteiger partial charge is 0.504 e. The molecular weight excluding hydrogens is 532 g/mol. The smallest absolute Gasteiger partial charge is 0.309 e. The topological polar surface area (TPSA) is 144 Å². The van der Waals surface area contributed by atoms with Crippen molar-refractivity contribution in [2.24, 2.45) is 11.8 Å². The SMILES string of the molecule is COc1cc(C(O)C(CO)c2cc(C[C@H]3C(=O)OC[C@@H]3Cc3ccc(OC)c(OC)c3)cc(OC)c2O)ccc1O. The summed E-state index contributed by atoms with van der Waals surface area (Å²) in [6, 6.07) is 13.3. The summed E-state index contributed by atoms with van der Waals surface area (Å²) in [4.78, 5) is 12.8. The van der Waals surface area contributed by atoms with Gasteiger partial charge in [0, 0.05) is 17.4 Å². The average Bonchev–Trinajstić information content (AvgIpc) is 3.32. The number of phenolic OH excluding ortho intramolecular Hbond substituents is 2. The molecule has 0 aromatic heterocycles. The third kappa shape index (κ3) is 6.28. The van der Waals surface area contributed by atoms with Crippen LogP contribution in [0.25, 0.3) is 0 Å². The van der Waals surface area contributed by atoms with E-state index >= 15 is 0 Å². The van der Waals surface area contributed by atoms with Gasteiger partial charge in [-0.05, 0) is 59.9 Å². The van der Waals surface area contributed by atoms with Crippen molar-refractivity contribution >= 4 is 5.97 Å². The molecule has 0 aliphatic carbocycles. The molecule has 1 aliphatic rings. The summed E-state index contributed by atoms with van der Waals surface area (Å²) in [6.45, 7) is -0.238. The van der Waals surface area contributed by atoms with Crippen LogP contribution in [0, 0.1) is 11.8 Å². The molecule has 4 rings (SSSR count). The number of methoxy groups -OCH3 is 4. The van der Waals surface area contributed by atoms with E-state index in [1.54, 1.807) is 26.4 Å². The normalized spacial score (nSPS) is 18.0. The van der Waals surface area contributed by atoms with E-state index in [1.165, 1.54) is 32.4 Å². The van der Waals surface area contributed by atoms with Gasteiger partial charge in [-0.2, -0.15) is 0 Å². The van der Waals surface area contributed by atoms with Crippen molar-refractivity contribution in [3.05, 3.63) is 70.8 Å². The molecule has 1 fully saturated rings. The number of aliphatic hydroxyl groups is 2. The monoisotopic (exact) mass is 568 g/mol. The van der Waals surface area contributed by atoms with E-state index in [0.29, 0.717) is 35.5 Å². The number of hydrogen-bond acceptors (Lipinski definition) is 10. The first-order chi connectivity index (χ1) is 19.7. The Balaban J connectivity index is 1.63. The highest BCUT2D eigenvalue weighted by Gasteiger charge is 2.37. The predicted octanol–water partition coefficient (Wildman–Crippen LogP) is 3.52. The van der Waals surface area contributed by atoms with E-state index < -0.39 is 24.5 Å². The lowest BCUT2D eigenvalue weighted by Crippen LogP contribution is -2.21. The lowest BCUT2D eigenvalue weighted by Gasteiger charge is -2.25. The lowest BCUT2D eigenvalue weighted by molar-refractivity contribution is -0.141. The number of aliphatic hydroxyl groups excluding tert-OH is 2. The van der Waals surface area contributed by atoms with Crippen molar-refractivity contribution in [3.8, 4) is 34.5 Å². The zero-order valence-electron chi connectivity index (χ0n) is 23.5. The van der Waals surface area contributed by atoms with Gasteiger partial charge in [-0.25, -0.2) is 0 Å². The second-order valence-electron chi connectivity index (χ2n) is 10.00. The highest BCUT2D eigenvalue weighted by molar-refractivity contribution is 5.75. The zero-order chi connectivity index (χ0) is 29.7. The van der Waals surface area contributed by atoms with Crippen molar-refractivity contribution < 1.29 is 48.9 Å². The van der Waals surface area contributed by atoms with Gasteiger partial charge in [-0.1, -0.05) is 18.2 Å². The van der Waals surface area contributed by atoms with Crippen molar-refractivity contribution in [1.29, 1.82) is 0 Å². The van der Waals surface area contributed by atoms with Gasteiger partial charge >= 0.3 is 5.97 Å². The van der Waals surface area contributed by atoms with Crippen LogP contribution in [-0.2, 0) is 22.4 Å². The Labute approximate surface area is 238 Å². The molecule has 3 aromatic rings. The molecule has 10 heteroatoms. The third-order valence-corrected chi connectivity index (χ3v) is 7.62. The number of rotatable bonds is 12. The van der Waals surface area contributed by atoms with Crippen molar-refractivity contribution in [2.45, 2.75) is 24.9 Å². The first-order valence-electron chi connectivity index (χ1n) is 13.2. The molecule has 4 N–H and O–H groups in total. The van der Waals surface area contributed by atoms with Crippen LogP contribution in [0.5, 0.6) is 34.5 Å². The Morgan fingerprint density at radius 3 is 2.17 bits per heavy atom. The van der Waals surface area contributed by atoms with Crippen LogP contribution in [0.15, 0.2) is 48.5 Å². The number of hydrogen-bond donors (Lipinski definition) is 4. The molecule has 0 radical (unpaired) electrons. The molecule has 0 amide bonds. The molecule has 10 nitrogen and oxygen atoms in total. The molecule has 4 atom stereocenters. The summed E-state index contributed by atoms with van der Waals surface area (Å²) in [7, 11) is 5.93. The molecule has 0 bridgehead atoms. The van der Waals surface area contributed by atoms with Crippen LogP contribution in [0.1, 0.15) is 34.3 Å². The minimum atomic E-state index is -1.25. The van der Waals surface area contributed by atoms with Crippen LogP contribution in [-0.4, -0.2) is 68.0 Å². The molecular formula is C31H36O10. The number of aromatic hydroxyl groups is 2. The second-order valence-corrected chi connectivity index (χ2v) is 10.00. The lowest BCUT2D eigenvalue weighted by atomic mass is 9.83. The van der Waals surface area contributed by atoms with E-state index in [-0.39, 0.29) is 47.1 Å². The number of cyclic esters (lactones) is 1. The summed E-state index contributed by atoms with van der Waals surface area (Å²) >= 11 is 0. The first-order valence-corrected chi connectivity index (χ1v) is 13.2. The van der Waals surface area contributed by atoms with Gasteiger partial charge in [0.1, 0.15) is 0 Å². The number of ether oxygens (including phenoxy) is 5. The predicted molar refractivity (Wildman–Crippen MR) is 149 cm³/mol. The van der Waals surface area contributed by atoms with Gasteiger partial charge in [0.15, 0.2) is 34.5 Å². The van der Waals surface area contributed by atoms with Gasteiger partial charge in [-0.15, -0.1) is 0 Å². The minimum Gasteiger partial charge on any atom is -0.504 e. The summed E-state index contributed by atoms with van der Waals surface area (Å²) in [5.41, 5.74) is 2.26. The second kappa shape index (κ2) is 13.0. The summed E-state index contributed by atoms with van der Waals surface area (Å²) in [5, 5.41) is 42.4. The fourth-order valence-electron chi connectivity index (χ4n) is 5.34. The average molecular weight is 569 g/mol. The molecule has 3 aromatic carbocycles. The standard InChI is InChI=1S/C31H36O10/c1-37-25-8-5-17(12-27(25)39-3)9-20-16-41-31(36)21(20)10-18-11-22(30(35)28(13-18)40-4)23(15-32)29(34)19-6-7-24(33)26(14-19)38-2/h5-8,11-14,20-21,23,29,32-35H,9-10,15-16H2,1-4H3/t20-,21+,23?,29?/m0/s1. The zero-order valence-corrected chi connectivity index (χ0v) is 23.5. The third-order valence-electron chi connectivity index (χ3n) is 7.62. The first kappa shape index (κ1) is 29.8. The summed E-state index contributed by atoms with van der Waals surface area (Å²) in [6.07, 6.45) is -0.393. The molecule has 41 heavy (non-hydrogen) atoms. The highest BCUT2D eigenvalue weighted by atomic mass is 16.5. The molecule has 1 aliphatic heterocycles. The van der Waals surface area contributed by atoms with E-state index in [0.717, 1.165) is 5.56 Å². The Morgan fingerprint density at radius 2 is 1.51 bits per heavy atom. The number of benzene rings is 3. The molecule has 220 valence electrons. The van der Waals surface area contributed by atoms with E-state index in [9.17, 15) is 25.2 Å². The van der Waals surface area contributed by atoms with Gasteiger partial charge in [0.2, 0.25) is 0 Å². The Kier molecular flexibility index (Phi) is 9.46. The van der Waals surface area contributed by atoms with Crippen LogP contribution in [0.2, 0.25) is 0 Å². The number of phenols is 2. The number of esters is 1.